The number of ether oxygens (including phenoxy) is 2. The van der Waals surface area contributed by atoms with Crippen LogP contribution >= 0.6 is 15.9 Å². The number of carbonyl (C=O) groups is 1. The summed E-state index contributed by atoms with van der Waals surface area (Å²) in [5.74, 6) is -0.153. The molecule has 0 saturated carbocycles. The fraction of sp³-hybridized carbons (Fsp3) is 0.133. The molecular formula is C15H13BrFNO3. The van der Waals surface area contributed by atoms with E-state index in [1.165, 1.54) is 26.4 Å². The Morgan fingerprint density at radius 1 is 1.14 bits per heavy atom. The van der Waals surface area contributed by atoms with E-state index in [-0.39, 0.29) is 5.56 Å². The molecule has 0 atom stereocenters. The van der Waals surface area contributed by atoms with Crippen LogP contribution in [0.25, 0.3) is 0 Å². The molecule has 0 aliphatic heterocycles. The first-order valence-electron chi connectivity index (χ1n) is 6.03. The van der Waals surface area contributed by atoms with Gasteiger partial charge in [0, 0.05) is 10.5 Å². The van der Waals surface area contributed by atoms with Gasteiger partial charge in [0.2, 0.25) is 0 Å². The fourth-order valence-corrected chi connectivity index (χ4v) is 2.11. The summed E-state index contributed by atoms with van der Waals surface area (Å²) in [6.45, 7) is 0. The summed E-state index contributed by atoms with van der Waals surface area (Å²) < 4.78 is 24.6. The molecule has 0 aliphatic carbocycles. The third-order valence-corrected chi connectivity index (χ3v) is 3.32. The first-order chi connectivity index (χ1) is 10.0. The lowest BCUT2D eigenvalue weighted by Crippen LogP contribution is -2.14. The highest BCUT2D eigenvalue weighted by Crippen LogP contribution is 2.29. The maximum atomic E-state index is 13.8. The van der Waals surface area contributed by atoms with Crippen molar-refractivity contribution in [3.63, 3.8) is 0 Å². The van der Waals surface area contributed by atoms with Crippen molar-refractivity contribution >= 4 is 27.5 Å². The third kappa shape index (κ3) is 3.52. The van der Waals surface area contributed by atoms with Gasteiger partial charge >= 0.3 is 0 Å². The predicted octanol–water partition coefficient (Wildman–Crippen LogP) is 3.86. The summed E-state index contributed by atoms with van der Waals surface area (Å²) in [6.07, 6.45) is 0. The number of amides is 1. The molecule has 0 bridgehead atoms. The van der Waals surface area contributed by atoms with Crippen LogP contribution in [0, 0.1) is 5.82 Å². The number of carbonyl (C=O) groups excluding carboxylic acids is 1. The van der Waals surface area contributed by atoms with Gasteiger partial charge in [0.15, 0.2) is 0 Å². The van der Waals surface area contributed by atoms with E-state index in [0.717, 1.165) is 0 Å². The van der Waals surface area contributed by atoms with Gasteiger partial charge in [0.05, 0.1) is 25.5 Å². The minimum atomic E-state index is -0.608. The van der Waals surface area contributed by atoms with Gasteiger partial charge in [-0.3, -0.25) is 4.79 Å². The van der Waals surface area contributed by atoms with Crippen LogP contribution in [0.2, 0.25) is 0 Å². The molecule has 0 unspecified atom stereocenters. The Morgan fingerprint density at radius 2 is 1.90 bits per heavy atom. The Kier molecular flexibility index (Phi) is 4.80. The topological polar surface area (TPSA) is 47.6 Å². The van der Waals surface area contributed by atoms with Crippen LogP contribution in [0.15, 0.2) is 40.9 Å². The Hall–Kier alpha value is -2.08. The van der Waals surface area contributed by atoms with E-state index in [9.17, 15) is 9.18 Å². The Bertz CT molecular complexity index is 676. The summed E-state index contributed by atoms with van der Waals surface area (Å²) in [5.41, 5.74) is 0.354. The summed E-state index contributed by atoms with van der Waals surface area (Å²) in [7, 11) is 3.00. The summed E-state index contributed by atoms with van der Waals surface area (Å²) in [6, 6.07) is 9.20. The monoisotopic (exact) mass is 353 g/mol. The van der Waals surface area contributed by atoms with Crippen LogP contribution < -0.4 is 14.8 Å². The molecular weight excluding hydrogens is 341 g/mol. The average Bonchev–Trinajstić information content (AvgIpc) is 2.46. The number of anilines is 1. The normalized spacial score (nSPS) is 10.1. The minimum absolute atomic E-state index is 0.0527. The van der Waals surface area contributed by atoms with Gasteiger partial charge in [-0.05, 0) is 30.3 Å². The van der Waals surface area contributed by atoms with Crippen LogP contribution in [0.5, 0.6) is 11.5 Å². The molecule has 1 N–H and O–H groups in total. The van der Waals surface area contributed by atoms with Crippen molar-refractivity contribution in [2.45, 2.75) is 0 Å². The largest absolute Gasteiger partial charge is 0.497 e. The number of rotatable bonds is 4. The standard InChI is InChI=1S/C15H13BrFNO3/c1-20-10-4-6-14(21-2)13(8-10)18-15(19)11-5-3-9(16)7-12(11)17/h3-8H,1-2H3,(H,18,19). The molecule has 0 saturated heterocycles. The van der Waals surface area contributed by atoms with Crippen molar-refractivity contribution < 1.29 is 18.7 Å². The van der Waals surface area contributed by atoms with E-state index in [4.69, 9.17) is 9.47 Å². The van der Waals surface area contributed by atoms with Crippen LogP contribution in [0.4, 0.5) is 10.1 Å². The van der Waals surface area contributed by atoms with Gasteiger partial charge in [-0.2, -0.15) is 0 Å². The summed E-state index contributed by atoms with van der Waals surface area (Å²) >= 11 is 3.15. The lowest BCUT2D eigenvalue weighted by Gasteiger charge is -2.12. The van der Waals surface area contributed by atoms with Gasteiger partial charge in [-0.15, -0.1) is 0 Å². The van der Waals surface area contributed by atoms with Gasteiger partial charge in [0.1, 0.15) is 17.3 Å². The van der Waals surface area contributed by atoms with Crippen molar-refractivity contribution in [1.29, 1.82) is 0 Å². The van der Waals surface area contributed by atoms with E-state index in [1.807, 2.05) is 0 Å². The van der Waals surface area contributed by atoms with Crippen molar-refractivity contribution in [3.05, 3.63) is 52.3 Å². The second-order valence-electron chi connectivity index (χ2n) is 4.14. The highest BCUT2D eigenvalue weighted by molar-refractivity contribution is 9.10. The lowest BCUT2D eigenvalue weighted by molar-refractivity contribution is 0.102. The zero-order valence-electron chi connectivity index (χ0n) is 11.4. The maximum absolute atomic E-state index is 13.8. The van der Waals surface area contributed by atoms with Crippen molar-refractivity contribution in [1.82, 2.24) is 0 Å². The van der Waals surface area contributed by atoms with E-state index in [2.05, 4.69) is 21.2 Å². The van der Waals surface area contributed by atoms with Crippen LogP contribution in [0.3, 0.4) is 0 Å². The average molecular weight is 354 g/mol. The molecule has 2 rings (SSSR count). The second kappa shape index (κ2) is 6.58. The molecule has 110 valence electrons. The third-order valence-electron chi connectivity index (χ3n) is 2.83. The molecule has 0 aliphatic rings. The van der Waals surface area contributed by atoms with Crippen molar-refractivity contribution in [2.24, 2.45) is 0 Å². The highest BCUT2D eigenvalue weighted by atomic mass is 79.9. The smallest absolute Gasteiger partial charge is 0.258 e. The predicted molar refractivity (Wildman–Crippen MR) is 81.6 cm³/mol. The molecule has 2 aromatic carbocycles. The van der Waals surface area contributed by atoms with Crippen molar-refractivity contribution in [2.75, 3.05) is 19.5 Å². The van der Waals surface area contributed by atoms with E-state index < -0.39 is 11.7 Å². The first kappa shape index (κ1) is 15.3. The summed E-state index contributed by atoms with van der Waals surface area (Å²) in [4.78, 5) is 12.2. The first-order valence-corrected chi connectivity index (χ1v) is 6.83. The van der Waals surface area contributed by atoms with Gasteiger partial charge < -0.3 is 14.8 Å². The zero-order valence-corrected chi connectivity index (χ0v) is 13.0. The number of hydrogen-bond donors (Lipinski definition) is 1. The van der Waals surface area contributed by atoms with E-state index in [0.29, 0.717) is 21.7 Å². The summed E-state index contributed by atoms with van der Waals surface area (Å²) in [5, 5.41) is 2.61. The Labute approximate surface area is 130 Å². The van der Waals surface area contributed by atoms with Gasteiger partial charge in [0.25, 0.3) is 5.91 Å². The van der Waals surface area contributed by atoms with Crippen LogP contribution in [-0.4, -0.2) is 20.1 Å². The lowest BCUT2D eigenvalue weighted by atomic mass is 10.2. The second-order valence-corrected chi connectivity index (χ2v) is 5.06. The number of methoxy groups -OCH3 is 2. The molecule has 0 fully saturated rings. The molecule has 0 radical (unpaired) electrons. The SMILES string of the molecule is COc1ccc(OC)c(NC(=O)c2ccc(Br)cc2F)c1. The number of halogens is 2. The number of nitrogens with one attached hydrogen (secondary N) is 1. The maximum Gasteiger partial charge on any atom is 0.258 e. The molecule has 1 amide bonds. The van der Waals surface area contributed by atoms with Crippen LogP contribution in [0.1, 0.15) is 10.4 Å². The molecule has 21 heavy (non-hydrogen) atoms. The molecule has 4 nitrogen and oxygen atoms in total. The van der Waals surface area contributed by atoms with Crippen molar-refractivity contribution in [3.8, 4) is 11.5 Å². The Morgan fingerprint density at radius 3 is 2.52 bits per heavy atom. The number of benzene rings is 2. The number of hydrogen-bond acceptors (Lipinski definition) is 3. The quantitative estimate of drug-likeness (QED) is 0.907. The zero-order chi connectivity index (χ0) is 15.4. The fourth-order valence-electron chi connectivity index (χ4n) is 1.78. The molecule has 6 heteroatoms. The van der Waals surface area contributed by atoms with Gasteiger partial charge in [-0.1, -0.05) is 15.9 Å². The molecule has 0 spiro atoms. The van der Waals surface area contributed by atoms with Crippen LogP contribution in [-0.2, 0) is 0 Å². The van der Waals surface area contributed by atoms with E-state index in [1.54, 1.807) is 24.3 Å². The highest BCUT2D eigenvalue weighted by Gasteiger charge is 2.14. The molecule has 0 heterocycles. The Balaban J connectivity index is 2.30. The molecule has 0 aromatic heterocycles. The molecule has 2 aromatic rings. The minimum Gasteiger partial charge on any atom is -0.497 e. The van der Waals surface area contributed by atoms with E-state index >= 15 is 0 Å². The van der Waals surface area contributed by atoms with Gasteiger partial charge in [-0.25, -0.2) is 4.39 Å².